The Balaban J connectivity index is 1.43. The molecule has 1 saturated heterocycles. The predicted octanol–water partition coefficient (Wildman–Crippen LogP) is 3.69. The number of carbonyl (C=O) groups is 4. The lowest BCUT2D eigenvalue weighted by Crippen LogP contribution is -2.54. The summed E-state index contributed by atoms with van der Waals surface area (Å²) in [4.78, 5) is 57.7. The molecule has 0 bridgehead atoms. The van der Waals surface area contributed by atoms with E-state index in [0.717, 1.165) is 48.2 Å². The normalized spacial score (nSPS) is 20.9. The van der Waals surface area contributed by atoms with Crippen molar-refractivity contribution in [1.29, 1.82) is 0 Å². The lowest BCUT2D eigenvalue weighted by Gasteiger charge is -2.29. The SMILES string of the molecule is CCC(NC(=O)[C@@H]1C[C@@H](S(=O)(=O)c2ccc(OCC(F)(F)F)cc2Cl)CN1C(=O)C1(c2ncc(Cl)cc2F)CC1)C(=O)C(=O)NC1CC1. The Hall–Kier alpha value is -3.50. The second-order valence-electron chi connectivity index (χ2n) is 12.0. The van der Waals surface area contributed by atoms with E-state index in [0.29, 0.717) is 0 Å². The van der Waals surface area contributed by atoms with Crippen molar-refractivity contribution < 1.29 is 49.9 Å². The van der Waals surface area contributed by atoms with Crippen molar-refractivity contribution in [2.45, 2.75) is 85.3 Å². The molecule has 0 spiro atoms. The van der Waals surface area contributed by atoms with Crippen LogP contribution in [0.15, 0.2) is 35.4 Å². The summed E-state index contributed by atoms with van der Waals surface area (Å²) < 4.78 is 85.2. The molecule has 0 radical (unpaired) electrons. The quantitative estimate of drug-likeness (QED) is 0.248. The van der Waals surface area contributed by atoms with Crippen LogP contribution in [0.5, 0.6) is 5.75 Å². The van der Waals surface area contributed by atoms with E-state index >= 15 is 0 Å². The van der Waals surface area contributed by atoms with Crippen molar-refractivity contribution >= 4 is 56.5 Å². The van der Waals surface area contributed by atoms with Gasteiger partial charge < -0.3 is 20.3 Å². The Bertz CT molecular complexity index is 1750. The molecule has 11 nitrogen and oxygen atoms in total. The molecular formula is C30H30Cl2F4N4O7S. The molecule has 1 unspecified atom stereocenters. The van der Waals surface area contributed by atoms with E-state index in [9.17, 15) is 45.2 Å². The molecule has 2 N–H and O–H groups in total. The number of pyridine rings is 1. The number of ether oxygens (including phenoxy) is 1. The number of Topliss-reactive ketones (excluding diaryl/α,β-unsaturated/α-hetero) is 1. The number of hydrogen-bond donors (Lipinski definition) is 2. The topological polar surface area (TPSA) is 152 Å². The summed E-state index contributed by atoms with van der Waals surface area (Å²) in [5.74, 6) is -4.70. The summed E-state index contributed by atoms with van der Waals surface area (Å²) in [7, 11) is -4.46. The van der Waals surface area contributed by atoms with E-state index in [4.69, 9.17) is 23.2 Å². The number of benzene rings is 1. The monoisotopic (exact) mass is 736 g/mol. The zero-order valence-electron chi connectivity index (χ0n) is 25.3. The Kier molecular flexibility index (Phi) is 10.0. The Morgan fingerprint density at radius 3 is 2.40 bits per heavy atom. The van der Waals surface area contributed by atoms with Gasteiger partial charge in [-0.3, -0.25) is 24.2 Å². The van der Waals surface area contributed by atoms with Crippen LogP contribution in [0.3, 0.4) is 0 Å². The van der Waals surface area contributed by atoms with Crippen LogP contribution in [-0.4, -0.2) is 84.5 Å². The molecule has 260 valence electrons. The van der Waals surface area contributed by atoms with Gasteiger partial charge in [-0.15, -0.1) is 0 Å². The second-order valence-corrected chi connectivity index (χ2v) is 15.1. The third-order valence-corrected chi connectivity index (χ3v) is 11.3. The second kappa shape index (κ2) is 13.4. The molecule has 48 heavy (non-hydrogen) atoms. The van der Waals surface area contributed by atoms with Crippen LogP contribution >= 0.6 is 23.2 Å². The Morgan fingerprint density at radius 2 is 1.83 bits per heavy atom. The highest BCUT2D eigenvalue weighted by molar-refractivity contribution is 7.92. The average molecular weight is 738 g/mol. The molecule has 2 aliphatic carbocycles. The average Bonchev–Trinajstić information content (AvgIpc) is 3.95. The number of amides is 3. The number of halogens is 6. The van der Waals surface area contributed by atoms with Gasteiger partial charge in [0.05, 0.1) is 37.3 Å². The lowest BCUT2D eigenvalue weighted by atomic mass is 9.98. The minimum absolute atomic E-state index is 0.00721. The van der Waals surface area contributed by atoms with Crippen LogP contribution in [0.4, 0.5) is 17.6 Å². The van der Waals surface area contributed by atoms with Gasteiger partial charge in [0.2, 0.25) is 17.6 Å². The third kappa shape index (κ3) is 7.54. The fraction of sp³-hybridized carbons (Fsp3) is 0.500. The molecule has 1 aromatic carbocycles. The fourth-order valence-electron chi connectivity index (χ4n) is 5.62. The van der Waals surface area contributed by atoms with Gasteiger partial charge in [-0.2, -0.15) is 13.2 Å². The molecule has 3 fully saturated rings. The van der Waals surface area contributed by atoms with Gasteiger partial charge in [-0.25, -0.2) is 12.8 Å². The summed E-state index contributed by atoms with van der Waals surface area (Å²) in [6.07, 6.45) is -2.25. The highest BCUT2D eigenvalue weighted by atomic mass is 35.5. The van der Waals surface area contributed by atoms with E-state index < -0.39 is 97.6 Å². The number of alkyl halides is 3. The maximum Gasteiger partial charge on any atom is 0.422 e. The maximum absolute atomic E-state index is 15.0. The smallest absolute Gasteiger partial charge is 0.422 e. The van der Waals surface area contributed by atoms with E-state index in [1.54, 1.807) is 6.92 Å². The zero-order valence-corrected chi connectivity index (χ0v) is 27.6. The molecule has 2 heterocycles. The number of likely N-dealkylation sites (tertiary alicyclic amines) is 1. The Labute approximate surface area is 282 Å². The van der Waals surface area contributed by atoms with E-state index in [1.807, 2.05) is 0 Å². The van der Waals surface area contributed by atoms with Gasteiger partial charge in [-0.05, 0) is 56.7 Å². The van der Waals surface area contributed by atoms with Crippen molar-refractivity contribution in [3.8, 4) is 5.75 Å². The molecular weight excluding hydrogens is 707 g/mol. The van der Waals surface area contributed by atoms with E-state index in [-0.39, 0.29) is 41.8 Å². The lowest BCUT2D eigenvalue weighted by molar-refractivity contribution is -0.153. The number of sulfone groups is 1. The predicted molar refractivity (Wildman–Crippen MR) is 163 cm³/mol. The summed E-state index contributed by atoms with van der Waals surface area (Å²) >= 11 is 12.0. The van der Waals surface area contributed by atoms with Gasteiger partial charge in [0, 0.05) is 24.8 Å². The third-order valence-electron chi connectivity index (χ3n) is 8.48. The van der Waals surface area contributed by atoms with Crippen LogP contribution in [0.1, 0.15) is 51.1 Å². The molecule has 5 rings (SSSR count). The largest absolute Gasteiger partial charge is 0.484 e. The number of ketones is 1. The summed E-state index contributed by atoms with van der Waals surface area (Å²) in [6.45, 7) is -0.637. The number of nitrogens with zero attached hydrogens (tertiary/aromatic N) is 2. The van der Waals surface area contributed by atoms with Gasteiger partial charge in [0.1, 0.15) is 17.6 Å². The van der Waals surface area contributed by atoms with Crippen LogP contribution in [0, 0.1) is 5.82 Å². The molecule has 2 saturated carbocycles. The van der Waals surface area contributed by atoms with E-state index in [1.165, 1.54) is 0 Å². The number of carbonyl (C=O) groups excluding carboxylic acids is 4. The summed E-state index contributed by atoms with van der Waals surface area (Å²) in [5.41, 5.74) is -1.73. The van der Waals surface area contributed by atoms with Gasteiger partial charge in [-0.1, -0.05) is 30.1 Å². The highest BCUT2D eigenvalue weighted by Crippen LogP contribution is 2.51. The highest BCUT2D eigenvalue weighted by Gasteiger charge is 2.59. The van der Waals surface area contributed by atoms with Crippen molar-refractivity contribution in [1.82, 2.24) is 20.5 Å². The molecule has 1 aliphatic heterocycles. The molecule has 18 heteroatoms. The first-order valence-electron chi connectivity index (χ1n) is 15.0. The number of aromatic nitrogens is 1. The standard InChI is InChI=1S/C30H30Cl2F4N4O7S/c1-2-21(24(41)27(43)38-16-3-4-16)39-26(42)22-11-18(48(45,46)23-6-5-17(10-19(23)32)47-14-30(34,35)36)13-40(22)28(44)29(7-8-29)25-20(33)9-15(31)12-37-25/h5-6,9-10,12,16,18,21-22H,2-4,7-8,11,13-14H2,1H3,(H,38,43)(H,39,42)/t18-,21?,22+/m1/s1. The van der Waals surface area contributed by atoms with Crippen molar-refractivity contribution in [2.75, 3.05) is 13.2 Å². The zero-order chi connectivity index (χ0) is 35.2. The van der Waals surface area contributed by atoms with Crippen molar-refractivity contribution in [2.24, 2.45) is 0 Å². The number of hydrogen-bond acceptors (Lipinski definition) is 8. The van der Waals surface area contributed by atoms with Crippen LogP contribution in [0.25, 0.3) is 0 Å². The van der Waals surface area contributed by atoms with Gasteiger partial charge >= 0.3 is 6.18 Å². The number of nitrogens with one attached hydrogen (secondary N) is 2. The summed E-state index contributed by atoms with van der Waals surface area (Å²) in [6, 6.07) is 0.942. The van der Waals surface area contributed by atoms with Gasteiger partial charge in [0.25, 0.3) is 5.91 Å². The van der Waals surface area contributed by atoms with Crippen molar-refractivity contribution in [3.63, 3.8) is 0 Å². The summed E-state index contributed by atoms with van der Waals surface area (Å²) in [5, 5.41) is 3.10. The van der Waals surface area contributed by atoms with Crippen LogP contribution < -0.4 is 15.4 Å². The van der Waals surface area contributed by atoms with Crippen molar-refractivity contribution in [3.05, 3.63) is 52.0 Å². The molecule has 3 amide bonds. The van der Waals surface area contributed by atoms with Crippen LogP contribution in [-0.2, 0) is 34.4 Å². The first-order valence-corrected chi connectivity index (χ1v) is 17.3. The fourth-order valence-corrected chi connectivity index (χ4v) is 8.00. The minimum atomic E-state index is -4.65. The van der Waals surface area contributed by atoms with Gasteiger partial charge in [0.15, 0.2) is 16.4 Å². The molecule has 2 aromatic rings. The minimum Gasteiger partial charge on any atom is -0.484 e. The molecule has 3 aliphatic rings. The van der Waals surface area contributed by atoms with E-state index in [2.05, 4.69) is 20.4 Å². The Morgan fingerprint density at radius 1 is 1.15 bits per heavy atom. The molecule has 3 atom stereocenters. The molecule has 1 aromatic heterocycles. The maximum atomic E-state index is 15.0. The van der Waals surface area contributed by atoms with Crippen LogP contribution in [0.2, 0.25) is 10.0 Å². The first kappa shape index (κ1) is 35.8. The number of rotatable bonds is 12. The first-order chi connectivity index (χ1) is 22.5.